The Morgan fingerprint density at radius 1 is 1.10 bits per heavy atom. The van der Waals surface area contributed by atoms with E-state index < -0.39 is 15.1 Å². The predicted octanol–water partition coefficient (Wildman–Crippen LogP) is 5.30. The lowest BCUT2D eigenvalue weighted by molar-refractivity contribution is -0.113. The van der Waals surface area contributed by atoms with Crippen molar-refractivity contribution in [3.63, 3.8) is 0 Å². The second-order valence-corrected chi connectivity index (χ2v) is 7.68. The number of nitrogens with one attached hydrogen (secondary N) is 1. The molecule has 1 aliphatic rings. The van der Waals surface area contributed by atoms with Gasteiger partial charge in [-0.1, -0.05) is 31.2 Å². The monoisotopic (exact) mass is 331 g/mol. The number of ketones is 1. The van der Waals surface area contributed by atoms with Gasteiger partial charge in [0, 0.05) is 11.3 Å². The summed E-state index contributed by atoms with van der Waals surface area (Å²) in [4.78, 5) is 9.35. The molecular weight excluding hydrogens is 321 g/mol. The largest absolute Gasteiger partial charge is 0.350 e. The molecular formula is C11H10F5NOS2. The van der Waals surface area contributed by atoms with Crippen molar-refractivity contribution < 1.29 is 24.2 Å². The minimum absolute atomic E-state index is 0.0684. The van der Waals surface area contributed by atoms with Crippen LogP contribution in [-0.2, 0) is 4.79 Å². The van der Waals surface area contributed by atoms with Crippen molar-refractivity contribution in [2.75, 3.05) is 11.1 Å². The van der Waals surface area contributed by atoms with Gasteiger partial charge >= 0.3 is 10.2 Å². The van der Waals surface area contributed by atoms with Crippen molar-refractivity contribution >= 4 is 33.5 Å². The second kappa shape index (κ2) is 3.91. The van der Waals surface area contributed by atoms with Crippen LogP contribution in [0.1, 0.15) is 6.92 Å². The first kappa shape index (κ1) is 15.2. The molecule has 9 heteroatoms. The molecule has 20 heavy (non-hydrogen) atoms. The van der Waals surface area contributed by atoms with Gasteiger partial charge in [0.1, 0.15) is 4.90 Å². The number of benzene rings is 1. The van der Waals surface area contributed by atoms with Crippen molar-refractivity contribution in [3.8, 4) is 0 Å². The topological polar surface area (TPSA) is 29.1 Å². The Kier molecular flexibility index (Phi) is 2.97. The zero-order valence-electron chi connectivity index (χ0n) is 10.1. The maximum Gasteiger partial charge on any atom is 0.310 e. The van der Waals surface area contributed by atoms with Gasteiger partial charge in [0.25, 0.3) is 0 Å². The molecule has 1 aromatic rings. The summed E-state index contributed by atoms with van der Waals surface area (Å²) in [5.74, 6) is 0.193. The van der Waals surface area contributed by atoms with E-state index in [0.717, 1.165) is 12.1 Å². The summed E-state index contributed by atoms with van der Waals surface area (Å²) in [5, 5.41) is 3.27. The molecule has 112 valence electrons. The molecule has 1 aliphatic heterocycles. The van der Waals surface area contributed by atoms with Gasteiger partial charge < -0.3 is 5.32 Å². The predicted molar refractivity (Wildman–Crippen MR) is 71.6 cm³/mol. The highest BCUT2D eigenvalue weighted by Crippen LogP contribution is 3.02. The molecule has 0 fully saturated rings. The van der Waals surface area contributed by atoms with Gasteiger partial charge in [0.15, 0.2) is 5.78 Å². The molecule has 0 atom stereocenters. The third kappa shape index (κ3) is 3.26. The Labute approximate surface area is 116 Å². The average Bonchev–Trinajstić information content (AvgIpc) is 2.59. The number of hydrogen-bond donors (Lipinski definition) is 1. The summed E-state index contributed by atoms with van der Waals surface area (Å²) in [7, 11) is -9.63. The molecule has 2 nitrogen and oxygen atoms in total. The summed E-state index contributed by atoms with van der Waals surface area (Å²) in [6.45, 7) is 1.59. The lowest BCUT2D eigenvalue weighted by Gasteiger charge is -2.40. The fourth-order valence-corrected chi connectivity index (χ4v) is 3.20. The smallest absolute Gasteiger partial charge is 0.310 e. The van der Waals surface area contributed by atoms with Crippen molar-refractivity contribution in [2.45, 2.75) is 11.8 Å². The molecule has 0 aliphatic carbocycles. The van der Waals surface area contributed by atoms with Crippen LogP contribution in [0.15, 0.2) is 39.8 Å². The van der Waals surface area contributed by atoms with E-state index in [0.29, 0.717) is 22.7 Å². The molecule has 1 aromatic carbocycles. The molecule has 0 spiro atoms. The van der Waals surface area contributed by atoms with E-state index in [4.69, 9.17) is 0 Å². The normalized spacial score (nSPS) is 19.8. The van der Waals surface area contributed by atoms with E-state index >= 15 is 0 Å². The molecule has 0 bridgehead atoms. The molecule has 2 rings (SSSR count). The highest BCUT2D eigenvalue weighted by molar-refractivity contribution is 8.45. The van der Waals surface area contributed by atoms with Gasteiger partial charge in [0.05, 0.1) is 10.8 Å². The van der Waals surface area contributed by atoms with Crippen LogP contribution in [0.4, 0.5) is 25.1 Å². The van der Waals surface area contributed by atoms with E-state index in [-0.39, 0.29) is 17.2 Å². The third-order valence-corrected chi connectivity index (χ3v) is 4.93. The van der Waals surface area contributed by atoms with E-state index in [1.54, 1.807) is 6.92 Å². The zero-order valence-corrected chi connectivity index (χ0v) is 11.8. The number of thioether (sulfide) groups is 1. The fourth-order valence-electron chi connectivity index (χ4n) is 1.54. The van der Waals surface area contributed by atoms with Gasteiger partial charge in [-0.05, 0) is 31.2 Å². The molecule has 1 N–H and O–H groups in total. The van der Waals surface area contributed by atoms with E-state index in [1.165, 1.54) is 11.8 Å². The third-order valence-electron chi connectivity index (χ3n) is 2.66. The average molecular weight is 331 g/mol. The number of hydrogen-bond acceptors (Lipinski definition) is 3. The first-order valence-corrected chi connectivity index (χ1v) is 8.28. The number of rotatable bonds is 3. The lowest BCUT2D eigenvalue weighted by Crippen LogP contribution is -2.06. The van der Waals surface area contributed by atoms with Crippen molar-refractivity contribution in [3.05, 3.63) is 34.9 Å². The van der Waals surface area contributed by atoms with E-state index in [1.807, 2.05) is 0 Å². The minimum atomic E-state index is -9.63. The number of Topliss-reactive ketones (excluding diaryl/α,β-unsaturated/α-hetero) is 1. The van der Waals surface area contributed by atoms with Crippen LogP contribution in [0.3, 0.4) is 0 Å². The van der Waals surface area contributed by atoms with Crippen LogP contribution < -0.4 is 5.32 Å². The quantitative estimate of drug-likeness (QED) is 0.762. The van der Waals surface area contributed by atoms with Crippen LogP contribution in [0, 0.1) is 0 Å². The summed E-state index contributed by atoms with van der Waals surface area (Å²) in [6.07, 6.45) is 0. The van der Waals surface area contributed by atoms with Crippen LogP contribution in [0.2, 0.25) is 0 Å². The highest BCUT2D eigenvalue weighted by Gasteiger charge is 2.65. The molecule has 0 radical (unpaired) electrons. The summed E-state index contributed by atoms with van der Waals surface area (Å²) in [6, 6.07) is 2.50. The molecule has 0 saturated carbocycles. The van der Waals surface area contributed by atoms with Crippen LogP contribution in [0.5, 0.6) is 0 Å². The molecule has 0 aromatic heterocycles. The Bertz CT molecular complexity index is 606. The highest BCUT2D eigenvalue weighted by atomic mass is 32.5. The number of allylic oxidation sites excluding steroid dienone is 1. The standard InChI is InChI=1S/C11H10F5NOS2/c1-7-10(18)6-19-11(7)17-8-2-4-9(5-3-8)20(12,13,14,15)16/h2-5,17H,6H2,1H3. The van der Waals surface area contributed by atoms with Gasteiger partial charge in [-0.15, -0.1) is 0 Å². The maximum atomic E-state index is 12.5. The number of anilines is 1. The molecule has 1 heterocycles. The Balaban J connectivity index is 2.25. The van der Waals surface area contributed by atoms with Crippen molar-refractivity contribution in [1.29, 1.82) is 0 Å². The molecule has 0 saturated heterocycles. The van der Waals surface area contributed by atoms with Crippen LogP contribution in [0.25, 0.3) is 0 Å². The first-order valence-electron chi connectivity index (χ1n) is 5.35. The van der Waals surface area contributed by atoms with E-state index in [2.05, 4.69) is 5.32 Å². The van der Waals surface area contributed by atoms with Crippen LogP contribution >= 0.6 is 22.0 Å². The fraction of sp³-hybridized carbons (Fsp3) is 0.182. The maximum absolute atomic E-state index is 12.5. The van der Waals surface area contributed by atoms with E-state index in [9.17, 15) is 24.2 Å². The summed E-state index contributed by atoms with van der Waals surface area (Å²) >= 11 is 1.22. The first-order chi connectivity index (χ1) is 8.86. The second-order valence-electron chi connectivity index (χ2n) is 4.28. The number of carbonyl (C=O) groups excluding carboxylic acids is 1. The van der Waals surface area contributed by atoms with Crippen molar-refractivity contribution in [2.24, 2.45) is 0 Å². The van der Waals surface area contributed by atoms with Crippen molar-refractivity contribution in [1.82, 2.24) is 0 Å². The van der Waals surface area contributed by atoms with Gasteiger partial charge in [-0.2, -0.15) is 0 Å². The van der Waals surface area contributed by atoms with Gasteiger partial charge in [-0.25, -0.2) is 0 Å². The lowest BCUT2D eigenvalue weighted by atomic mass is 10.2. The number of carbonyl (C=O) groups is 1. The van der Waals surface area contributed by atoms with Crippen LogP contribution in [-0.4, -0.2) is 11.5 Å². The number of halogens is 5. The molecule has 0 unspecified atom stereocenters. The summed E-state index contributed by atoms with van der Waals surface area (Å²) < 4.78 is 62.6. The minimum Gasteiger partial charge on any atom is -0.350 e. The Hall–Kier alpha value is -1.22. The van der Waals surface area contributed by atoms with Gasteiger partial charge in [-0.3, -0.25) is 4.79 Å². The van der Waals surface area contributed by atoms with Gasteiger partial charge in [0.2, 0.25) is 0 Å². The zero-order chi connectivity index (χ0) is 15.2. The molecule has 0 amide bonds. The Morgan fingerprint density at radius 2 is 1.65 bits per heavy atom. The SMILES string of the molecule is CC1=C(Nc2ccc(S(F)(F)(F)(F)F)cc2)SCC1=O. The Morgan fingerprint density at radius 3 is 2.05 bits per heavy atom. The summed E-state index contributed by atoms with van der Waals surface area (Å²) in [5.41, 5.74) is 0.693.